The highest BCUT2D eigenvalue weighted by atomic mass is 16.3. The smallest absolute Gasteiger partial charge is 0.163 e. The molecule has 0 aliphatic carbocycles. The first-order valence-corrected chi connectivity index (χ1v) is 10.9. The first kappa shape index (κ1) is 21.8. The summed E-state index contributed by atoms with van der Waals surface area (Å²) < 4.78 is 2.08. The number of aromatic hydroxyl groups is 1. The van der Waals surface area contributed by atoms with E-state index in [2.05, 4.69) is 48.9 Å². The Balaban J connectivity index is 1.75. The number of rotatable bonds is 10. The quantitative estimate of drug-likeness (QED) is 0.320. The van der Waals surface area contributed by atoms with Crippen LogP contribution in [0.1, 0.15) is 66.2 Å². The maximum atomic E-state index is 12.7. The van der Waals surface area contributed by atoms with Crippen LogP contribution in [0.5, 0.6) is 5.75 Å². The van der Waals surface area contributed by atoms with E-state index in [0.717, 1.165) is 35.5 Å². The van der Waals surface area contributed by atoms with Crippen molar-refractivity contribution in [2.75, 3.05) is 0 Å². The molecule has 2 aromatic carbocycles. The topological polar surface area (TPSA) is 55.1 Å². The molecular formula is C26H32N2O2. The van der Waals surface area contributed by atoms with Gasteiger partial charge in [-0.3, -0.25) is 9.48 Å². The molecule has 1 aromatic heterocycles. The normalized spacial score (nSPS) is 11.0. The van der Waals surface area contributed by atoms with Gasteiger partial charge in [0.15, 0.2) is 5.78 Å². The number of aromatic nitrogens is 2. The van der Waals surface area contributed by atoms with Crippen LogP contribution in [-0.2, 0) is 13.0 Å². The molecular weight excluding hydrogens is 372 g/mol. The summed E-state index contributed by atoms with van der Waals surface area (Å²) in [5, 5.41) is 14.6. The van der Waals surface area contributed by atoms with Crippen molar-refractivity contribution in [1.29, 1.82) is 0 Å². The van der Waals surface area contributed by atoms with Crippen LogP contribution in [0.3, 0.4) is 0 Å². The second kappa shape index (κ2) is 10.2. The van der Waals surface area contributed by atoms with Crippen LogP contribution < -0.4 is 0 Å². The number of unbranched alkanes of at least 4 members (excludes halogenated alkanes) is 3. The molecule has 0 radical (unpaired) electrons. The predicted molar refractivity (Wildman–Crippen MR) is 122 cm³/mol. The third-order valence-corrected chi connectivity index (χ3v) is 5.56. The molecule has 158 valence electrons. The molecule has 0 saturated carbocycles. The van der Waals surface area contributed by atoms with E-state index < -0.39 is 0 Å². The Hall–Kier alpha value is -2.88. The summed E-state index contributed by atoms with van der Waals surface area (Å²) in [6.07, 6.45) is 5.83. The first-order chi connectivity index (χ1) is 14.5. The van der Waals surface area contributed by atoms with Crippen molar-refractivity contribution < 1.29 is 9.90 Å². The van der Waals surface area contributed by atoms with Crippen molar-refractivity contribution in [3.05, 3.63) is 70.9 Å². The van der Waals surface area contributed by atoms with Gasteiger partial charge in [0.05, 0.1) is 5.69 Å². The lowest BCUT2D eigenvalue weighted by atomic mass is 10.0. The Labute approximate surface area is 179 Å². The molecule has 1 heterocycles. The Morgan fingerprint density at radius 1 is 1.00 bits per heavy atom. The molecule has 0 aliphatic rings. The molecule has 4 heteroatoms. The minimum atomic E-state index is 0.0914. The Morgan fingerprint density at radius 3 is 2.47 bits per heavy atom. The van der Waals surface area contributed by atoms with Gasteiger partial charge >= 0.3 is 0 Å². The van der Waals surface area contributed by atoms with E-state index in [0.29, 0.717) is 18.4 Å². The number of Topliss-reactive ketones (excluding diaryl/α,β-unsaturated/α-hetero) is 1. The zero-order valence-corrected chi connectivity index (χ0v) is 18.3. The molecule has 0 unspecified atom stereocenters. The van der Waals surface area contributed by atoms with Gasteiger partial charge in [0, 0.05) is 29.8 Å². The molecule has 0 spiro atoms. The number of benzene rings is 2. The van der Waals surface area contributed by atoms with Crippen LogP contribution >= 0.6 is 0 Å². The number of carbonyl (C=O) groups is 1. The van der Waals surface area contributed by atoms with Gasteiger partial charge in [-0.2, -0.15) is 5.10 Å². The van der Waals surface area contributed by atoms with Crippen LogP contribution in [-0.4, -0.2) is 20.7 Å². The Bertz CT molecular complexity index is 987. The number of phenolic OH excluding ortho intramolecular Hbond substituents is 1. The van der Waals surface area contributed by atoms with E-state index in [9.17, 15) is 9.90 Å². The highest BCUT2D eigenvalue weighted by Gasteiger charge is 2.13. The summed E-state index contributed by atoms with van der Waals surface area (Å²) in [4.78, 5) is 12.7. The van der Waals surface area contributed by atoms with E-state index in [1.54, 1.807) is 18.2 Å². The Morgan fingerprint density at radius 2 is 1.77 bits per heavy atom. The molecule has 30 heavy (non-hydrogen) atoms. The SMILES string of the molecule is CCCCCCn1nc(-c2ccc(C)cc2)cc1CCC(=O)c1ccc(O)c(C)c1. The van der Waals surface area contributed by atoms with Gasteiger partial charge in [-0.05, 0) is 56.5 Å². The van der Waals surface area contributed by atoms with Crippen molar-refractivity contribution in [3.8, 4) is 17.0 Å². The standard InChI is InChI=1S/C26H32N2O2/c1-4-5-6-7-16-28-23(18-24(27-28)21-10-8-19(2)9-11-21)13-15-26(30)22-12-14-25(29)20(3)17-22/h8-12,14,17-18,29H,4-7,13,15-16H2,1-3H3. The highest BCUT2D eigenvalue weighted by molar-refractivity contribution is 5.96. The zero-order chi connectivity index (χ0) is 21.5. The van der Waals surface area contributed by atoms with Gasteiger partial charge in [-0.1, -0.05) is 56.0 Å². The third-order valence-electron chi connectivity index (χ3n) is 5.56. The first-order valence-electron chi connectivity index (χ1n) is 10.9. The van der Waals surface area contributed by atoms with Gasteiger partial charge in [0.2, 0.25) is 0 Å². The summed E-state index contributed by atoms with van der Waals surface area (Å²) in [6, 6.07) is 15.6. The molecule has 0 amide bonds. The molecule has 0 atom stereocenters. The Kier molecular flexibility index (Phi) is 7.45. The number of carbonyl (C=O) groups excluding carboxylic acids is 1. The van der Waals surface area contributed by atoms with E-state index in [4.69, 9.17) is 5.10 Å². The van der Waals surface area contributed by atoms with Crippen molar-refractivity contribution in [2.24, 2.45) is 0 Å². The number of phenols is 1. The fraction of sp³-hybridized carbons (Fsp3) is 0.385. The number of ketones is 1. The second-order valence-corrected chi connectivity index (χ2v) is 8.10. The molecule has 0 saturated heterocycles. The summed E-state index contributed by atoms with van der Waals surface area (Å²) in [5.74, 6) is 0.313. The summed E-state index contributed by atoms with van der Waals surface area (Å²) in [6.45, 7) is 6.99. The fourth-order valence-corrected chi connectivity index (χ4v) is 3.62. The molecule has 0 aliphatic heterocycles. The molecule has 4 nitrogen and oxygen atoms in total. The van der Waals surface area contributed by atoms with Gasteiger partial charge in [0.25, 0.3) is 0 Å². The summed E-state index contributed by atoms with van der Waals surface area (Å²) in [5.41, 5.74) is 5.78. The zero-order valence-electron chi connectivity index (χ0n) is 18.3. The van der Waals surface area contributed by atoms with E-state index >= 15 is 0 Å². The van der Waals surface area contributed by atoms with Crippen molar-refractivity contribution in [1.82, 2.24) is 9.78 Å². The van der Waals surface area contributed by atoms with Crippen molar-refractivity contribution in [2.45, 2.75) is 65.8 Å². The fourth-order valence-electron chi connectivity index (χ4n) is 3.62. The number of hydrogen-bond acceptors (Lipinski definition) is 3. The minimum Gasteiger partial charge on any atom is -0.508 e. The van der Waals surface area contributed by atoms with E-state index in [1.165, 1.54) is 24.8 Å². The summed E-state index contributed by atoms with van der Waals surface area (Å²) in [7, 11) is 0. The average Bonchev–Trinajstić information content (AvgIpc) is 3.15. The van der Waals surface area contributed by atoms with E-state index in [1.807, 2.05) is 6.92 Å². The lowest BCUT2D eigenvalue weighted by Crippen LogP contribution is -2.08. The van der Waals surface area contributed by atoms with Gasteiger partial charge in [-0.15, -0.1) is 0 Å². The highest BCUT2D eigenvalue weighted by Crippen LogP contribution is 2.23. The molecule has 0 bridgehead atoms. The van der Waals surface area contributed by atoms with Gasteiger partial charge < -0.3 is 5.11 Å². The second-order valence-electron chi connectivity index (χ2n) is 8.10. The van der Waals surface area contributed by atoms with Crippen LogP contribution in [0.15, 0.2) is 48.5 Å². The number of aryl methyl sites for hydroxylation is 4. The average molecular weight is 405 g/mol. The minimum absolute atomic E-state index is 0.0914. The van der Waals surface area contributed by atoms with E-state index in [-0.39, 0.29) is 11.5 Å². The number of hydrogen-bond donors (Lipinski definition) is 1. The lowest BCUT2D eigenvalue weighted by Gasteiger charge is -2.08. The maximum absolute atomic E-state index is 12.7. The lowest BCUT2D eigenvalue weighted by molar-refractivity contribution is 0.0982. The van der Waals surface area contributed by atoms with Crippen LogP contribution in [0.2, 0.25) is 0 Å². The predicted octanol–water partition coefficient (Wildman–Crippen LogP) is 6.27. The molecule has 3 aromatic rings. The molecule has 1 N–H and O–H groups in total. The monoisotopic (exact) mass is 404 g/mol. The maximum Gasteiger partial charge on any atom is 0.163 e. The van der Waals surface area contributed by atoms with Crippen LogP contribution in [0.25, 0.3) is 11.3 Å². The largest absolute Gasteiger partial charge is 0.508 e. The molecule has 0 fully saturated rings. The summed E-state index contributed by atoms with van der Waals surface area (Å²) >= 11 is 0. The van der Waals surface area contributed by atoms with Crippen LogP contribution in [0.4, 0.5) is 0 Å². The van der Waals surface area contributed by atoms with Gasteiger partial charge in [0.1, 0.15) is 5.75 Å². The number of nitrogens with zero attached hydrogens (tertiary/aromatic N) is 2. The van der Waals surface area contributed by atoms with Crippen LogP contribution in [0, 0.1) is 13.8 Å². The van der Waals surface area contributed by atoms with Crippen molar-refractivity contribution >= 4 is 5.78 Å². The van der Waals surface area contributed by atoms with Gasteiger partial charge in [-0.25, -0.2) is 0 Å². The van der Waals surface area contributed by atoms with Crippen molar-refractivity contribution in [3.63, 3.8) is 0 Å². The third kappa shape index (κ3) is 5.59. The molecule has 3 rings (SSSR count).